The average molecular weight is 311 g/mol. The summed E-state index contributed by atoms with van der Waals surface area (Å²) >= 11 is 3.46. The number of benzene rings is 1. The van der Waals surface area contributed by atoms with Crippen molar-refractivity contribution in [1.82, 2.24) is 0 Å². The lowest BCUT2D eigenvalue weighted by Gasteiger charge is -2.36. The molecule has 0 aliphatic heterocycles. The SMILES string of the molecule is CCC1CCC(N(C)c2ccc(Br)cc2N)CC1. The van der Waals surface area contributed by atoms with Crippen molar-refractivity contribution in [2.45, 2.75) is 45.1 Å². The summed E-state index contributed by atoms with van der Waals surface area (Å²) in [7, 11) is 2.18. The van der Waals surface area contributed by atoms with Crippen molar-refractivity contribution in [1.29, 1.82) is 0 Å². The third-order valence-corrected chi connectivity index (χ3v) is 4.80. The van der Waals surface area contributed by atoms with Crippen LogP contribution in [0.4, 0.5) is 11.4 Å². The van der Waals surface area contributed by atoms with E-state index in [4.69, 9.17) is 5.73 Å². The van der Waals surface area contributed by atoms with Gasteiger partial charge < -0.3 is 10.6 Å². The Kier molecular flexibility index (Phi) is 4.55. The minimum absolute atomic E-state index is 0.649. The molecular weight excluding hydrogens is 288 g/mol. The Balaban J connectivity index is 2.05. The van der Waals surface area contributed by atoms with Gasteiger partial charge >= 0.3 is 0 Å². The van der Waals surface area contributed by atoms with E-state index in [0.717, 1.165) is 21.8 Å². The molecule has 1 saturated carbocycles. The van der Waals surface area contributed by atoms with Crippen LogP contribution in [0.3, 0.4) is 0 Å². The third-order valence-electron chi connectivity index (χ3n) is 4.31. The maximum Gasteiger partial charge on any atom is 0.0600 e. The van der Waals surface area contributed by atoms with Gasteiger partial charge in [0.05, 0.1) is 11.4 Å². The molecule has 0 heterocycles. The summed E-state index contributed by atoms with van der Waals surface area (Å²) in [6.07, 6.45) is 6.65. The molecule has 2 nitrogen and oxygen atoms in total. The highest BCUT2D eigenvalue weighted by Crippen LogP contribution is 2.34. The number of nitrogens with two attached hydrogens (primary N) is 1. The molecule has 2 rings (SSSR count). The summed E-state index contributed by atoms with van der Waals surface area (Å²) in [6, 6.07) is 6.82. The third kappa shape index (κ3) is 3.00. The number of hydrogen-bond donors (Lipinski definition) is 1. The quantitative estimate of drug-likeness (QED) is 0.836. The first-order valence-electron chi connectivity index (χ1n) is 6.89. The fraction of sp³-hybridized carbons (Fsp3) is 0.600. The Morgan fingerprint density at radius 2 is 1.94 bits per heavy atom. The van der Waals surface area contributed by atoms with E-state index in [1.54, 1.807) is 0 Å². The van der Waals surface area contributed by atoms with Gasteiger partial charge in [-0.2, -0.15) is 0 Å². The lowest BCUT2D eigenvalue weighted by Crippen LogP contribution is -2.35. The topological polar surface area (TPSA) is 29.3 Å². The summed E-state index contributed by atoms with van der Waals surface area (Å²) in [4.78, 5) is 2.37. The van der Waals surface area contributed by atoms with Gasteiger partial charge in [0, 0.05) is 17.6 Å². The molecule has 1 aromatic carbocycles. The van der Waals surface area contributed by atoms with Gasteiger partial charge in [0.15, 0.2) is 0 Å². The zero-order valence-electron chi connectivity index (χ0n) is 11.3. The highest BCUT2D eigenvalue weighted by molar-refractivity contribution is 9.10. The minimum Gasteiger partial charge on any atom is -0.397 e. The number of nitrogens with zero attached hydrogens (tertiary/aromatic N) is 1. The van der Waals surface area contributed by atoms with E-state index in [2.05, 4.69) is 46.9 Å². The molecule has 2 N–H and O–H groups in total. The summed E-state index contributed by atoms with van der Waals surface area (Å²) < 4.78 is 1.05. The van der Waals surface area contributed by atoms with E-state index in [1.165, 1.54) is 32.1 Å². The van der Waals surface area contributed by atoms with Crippen LogP contribution in [0.5, 0.6) is 0 Å². The molecule has 0 radical (unpaired) electrons. The standard InChI is InChI=1S/C15H23BrN2/c1-3-11-4-7-13(8-5-11)18(2)15-9-6-12(16)10-14(15)17/h6,9-11,13H,3-5,7-8,17H2,1-2H3. The molecule has 1 fully saturated rings. The number of rotatable bonds is 3. The molecule has 18 heavy (non-hydrogen) atoms. The highest BCUT2D eigenvalue weighted by Gasteiger charge is 2.24. The first-order chi connectivity index (χ1) is 8.61. The second-order valence-electron chi connectivity index (χ2n) is 5.40. The average Bonchev–Trinajstić information content (AvgIpc) is 2.38. The van der Waals surface area contributed by atoms with Crippen molar-refractivity contribution in [2.24, 2.45) is 5.92 Å². The van der Waals surface area contributed by atoms with Crippen molar-refractivity contribution < 1.29 is 0 Å². The van der Waals surface area contributed by atoms with E-state index >= 15 is 0 Å². The number of nitrogen functional groups attached to an aromatic ring is 1. The maximum absolute atomic E-state index is 6.11. The molecule has 0 amide bonds. The van der Waals surface area contributed by atoms with Crippen LogP contribution < -0.4 is 10.6 Å². The van der Waals surface area contributed by atoms with Crippen molar-refractivity contribution >= 4 is 27.3 Å². The first-order valence-corrected chi connectivity index (χ1v) is 7.69. The molecule has 0 spiro atoms. The molecule has 1 aromatic rings. The molecule has 0 unspecified atom stereocenters. The molecular formula is C15H23BrN2. The molecule has 1 aliphatic carbocycles. The number of hydrogen-bond acceptors (Lipinski definition) is 2. The summed E-state index contributed by atoms with van der Waals surface area (Å²) in [5, 5.41) is 0. The van der Waals surface area contributed by atoms with Gasteiger partial charge in [-0.15, -0.1) is 0 Å². The first kappa shape index (κ1) is 13.7. The van der Waals surface area contributed by atoms with Gasteiger partial charge in [0.1, 0.15) is 0 Å². The molecule has 0 saturated heterocycles. The van der Waals surface area contributed by atoms with Crippen molar-refractivity contribution in [3.05, 3.63) is 22.7 Å². The van der Waals surface area contributed by atoms with Gasteiger partial charge in [-0.25, -0.2) is 0 Å². The van der Waals surface area contributed by atoms with Crippen LogP contribution in [-0.4, -0.2) is 13.1 Å². The summed E-state index contributed by atoms with van der Waals surface area (Å²) in [5.41, 5.74) is 8.14. The maximum atomic E-state index is 6.11. The van der Waals surface area contributed by atoms with Crippen molar-refractivity contribution in [3.63, 3.8) is 0 Å². The zero-order chi connectivity index (χ0) is 13.1. The highest BCUT2D eigenvalue weighted by atomic mass is 79.9. The molecule has 0 aromatic heterocycles. The Hall–Kier alpha value is -0.700. The molecule has 0 atom stereocenters. The van der Waals surface area contributed by atoms with E-state index < -0.39 is 0 Å². The van der Waals surface area contributed by atoms with Gasteiger partial charge in [-0.1, -0.05) is 29.3 Å². The number of anilines is 2. The zero-order valence-corrected chi connectivity index (χ0v) is 12.9. The largest absolute Gasteiger partial charge is 0.397 e. The van der Waals surface area contributed by atoms with Gasteiger partial charge in [-0.3, -0.25) is 0 Å². The Labute approximate surface area is 119 Å². The second kappa shape index (κ2) is 5.96. The Morgan fingerprint density at radius 1 is 1.28 bits per heavy atom. The van der Waals surface area contributed by atoms with Crippen LogP contribution in [0, 0.1) is 5.92 Å². The fourth-order valence-corrected chi connectivity index (χ4v) is 3.36. The summed E-state index contributed by atoms with van der Waals surface area (Å²) in [6.45, 7) is 2.31. The van der Waals surface area contributed by atoms with Gasteiger partial charge in [-0.05, 0) is 49.8 Å². The minimum atomic E-state index is 0.649. The second-order valence-corrected chi connectivity index (χ2v) is 6.31. The van der Waals surface area contributed by atoms with Gasteiger partial charge in [0.2, 0.25) is 0 Å². The molecule has 1 aliphatic rings. The normalized spacial score (nSPS) is 23.9. The lowest BCUT2D eigenvalue weighted by molar-refractivity contribution is 0.313. The van der Waals surface area contributed by atoms with E-state index in [9.17, 15) is 0 Å². The lowest BCUT2D eigenvalue weighted by atomic mass is 9.84. The van der Waals surface area contributed by atoms with Crippen LogP contribution in [0.15, 0.2) is 22.7 Å². The van der Waals surface area contributed by atoms with Crippen LogP contribution >= 0.6 is 15.9 Å². The van der Waals surface area contributed by atoms with Crippen LogP contribution in [0.2, 0.25) is 0 Å². The van der Waals surface area contributed by atoms with E-state index in [1.807, 2.05) is 6.07 Å². The monoisotopic (exact) mass is 310 g/mol. The van der Waals surface area contributed by atoms with Crippen LogP contribution in [0.1, 0.15) is 39.0 Å². The fourth-order valence-electron chi connectivity index (χ4n) is 2.98. The number of halogens is 1. The van der Waals surface area contributed by atoms with Crippen LogP contribution in [0.25, 0.3) is 0 Å². The van der Waals surface area contributed by atoms with E-state index in [-0.39, 0.29) is 0 Å². The Morgan fingerprint density at radius 3 is 2.50 bits per heavy atom. The van der Waals surface area contributed by atoms with Crippen molar-refractivity contribution in [3.8, 4) is 0 Å². The van der Waals surface area contributed by atoms with E-state index in [0.29, 0.717) is 6.04 Å². The predicted molar refractivity (Wildman–Crippen MR) is 83.0 cm³/mol. The Bertz CT molecular complexity index is 397. The smallest absolute Gasteiger partial charge is 0.0600 e. The molecule has 3 heteroatoms. The van der Waals surface area contributed by atoms with Gasteiger partial charge in [0.25, 0.3) is 0 Å². The van der Waals surface area contributed by atoms with Crippen LogP contribution in [-0.2, 0) is 0 Å². The molecule has 100 valence electrons. The summed E-state index contributed by atoms with van der Waals surface area (Å²) in [5.74, 6) is 0.942. The predicted octanol–water partition coefficient (Wildman–Crippen LogP) is 4.44. The van der Waals surface area contributed by atoms with Crippen molar-refractivity contribution in [2.75, 3.05) is 17.7 Å². The molecule has 0 bridgehead atoms.